The molecule has 1 aromatic carbocycles. The molecule has 9 heteroatoms. The summed E-state index contributed by atoms with van der Waals surface area (Å²) in [6.45, 7) is 5.70. The molecule has 0 spiro atoms. The molecule has 1 aliphatic rings. The van der Waals surface area contributed by atoms with Crippen molar-refractivity contribution in [2.24, 2.45) is 5.92 Å². The number of aromatic nitrogens is 3. The van der Waals surface area contributed by atoms with Gasteiger partial charge in [-0.05, 0) is 73.2 Å². The number of nitrogens with one attached hydrogen (secondary N) is 2. The van der Waals surface area contributed by atoms with Crippen LogP contribution in [0.2, 0.25) is 5.02 Å². The monoisotopic (exact) mass is 530 g/mol. The minimum absolute atomic E-state index is 0.0930. The molecule has 1 aliphatic heterocycles. The van der Waals surface area contributed by atoms with E-state index in [0.29, 0.717) is 15.8 Å². The van der Waals surface area contributed by atoms with Crippen LogP contribution in [-0.2, 0) is 4.79 Å². The van der Waals surface area contributed by atoms with Gasteiger partial charge in [-0.25, -0.2) is 4.98 Å². The van der Waals surface area contributed by atoms with Crippen LogP contribution in [-0.4, -0.2) is 25.6 Å². The largest absolute Gasteiger partial charge is 0.351 e. The van der Waals surface area contributed by atoms with Gasteiger partial charge in [-0.15, -0.1) is 0 Å². The molecule has 0 radical (unpaired) electrons. The molecular weight excluding hydrogens is 504 g/mol. The van der Waals surface area contributed by atoms with Crippen molar-refractivity contribution in [1.82, 2.24) is 19.9 Å². The van der Waals surface area contributed by atoms with Gasteiger partial charge in [-0.1, -0.05) is 37.6 Å². The third-order valence-electron chi connectivity index (χ3n) is 6.34. The van der Waals surface area contributed by atoms with Crippen LogP contribution in [0, 0.1) is 12.8 Å². The predicted molar refractivity (Wildman–Crippen MR) is 151 cm³/mol. The van der Waals surface area contributed by atoms with Gasteiger partial charge in [-0.2, -0.15) is 0 Å². The van der Waals surface area contributed by atoms with E-state index in [1.807, 2.05) is 87.8 Å². The lowest BCUT2D eigenvalue weighted by atomic mass is 10.0. The lowest BCUT2D eigenvalue weighted by Gasteiger charge is -2.29. The Hall–Kier alpha value is -3.75. The summed E-state index contributed by atoms with van der Waals surface area (Å²) in [7, 11) is 0. The summed E-state index contributed by atoms with van der Waals surface area (Å²) in [6, 6.07) is 19.1. The highest BCUT2D eigenvalue weighted by Gasteiger charge is 2.42. The van der Waals surface area contributed by atoms with Crippen molar-refractivity contribution in [2.75, 3.05) is 10.2 Å². The quantitative estimate of drug-likeness (QED) is 0.298. The van der Waals surface area contributed by atoms with E-state index < -0.39 is 0 Å². The first-order valence-electron chi connectivity index (χ1n) is 12.0. The zero-order valence-electron chi connectivity index (χ0n) is 20.7. The Balaban J connectivity index is 1.59. The van der Waals surface area contributed by atoms with Crippen molar-refractivity contribution in [1.29, 1.82) is 0 Å². The Bertz CT molecular complexity index is 1440. The minimum atomic E-state index is -0.243. The lowest BCUT2D eigenvalue weighted by Crippen LogP contribution is -2.30. The number of carbonyl (C=O) groups excluding carboxylic acids is 1. The number of nitrogens with zero attached hydrogens (tertiary/aromatic N) is 4. The van der Waals surface area contributed by atoms with Gasteiger partial charge in [0.25, 0.3) is 0 Å². The first-order valence-corrected chi connectivity index (χ1v) is 12.8. The van der Waals surface area contributed by atoms with Crippen LogP contribution in [0.4, 0.5) is 11.4 Å². The number of halogens is 1. The standard InChI is InChI=1S/C28H27ClN6OS/c1-17(2)27(36)32-21-11-10-19(15-20(21)29)35-26(25(33-28(35)37)22-7-4-5-13-30-22)23-8-6-14-34(23)24-12-9-18(3)16-31-24/h4-17,25-26H,1-3H3,(H,32,36)(H,33,37)/t25-,26+/m1/s1. The summed E-state index contributed by atoms with van der Waals surface area (Å²) in [5.74, 6) is 0.565. The molecule has 4 heterocycles. The molecule has 0 aliphatic carbocycles. The highest BCUT2D eigenvalue weighted by Crippen LogP contribution is 2.43. The van der Waals surface area contributed by atoms with E-state index in [1.54, 1.807) is 6.20 Å². The molecule has 0 unspecified atom stereocenters. The first-order chi connectivity index (χ1) is 17.8. The van der Waals surface area contributed by atoms with Gasteiger partial charge in [0.2, 0.25) is 5.91 Å². The van der Waals surface area contributed by atoms with Crippen LogP contribution in [0.25, 0.3) is 5.82 Å². The van der Waals surface area contributed by atoms with Gasteiger partial charge < -0.3 is 20.1 Å². The van der Waals surface area contributed by atoms with Gasteiger partial charge in [-0.3, -0.25) is 9.78 Å². The number of pyridine rings is 2. The van der Waals surface area contributed by atoms with E-state index in [4.69, 9.17) is 23.8 Å². The van der Waals surface area contributed by atoms with Gasteiger partial charge in [0, 0.05) is 35.9 Å². The molecule has 2 N–H and O–H groups in total. The molecule has 4 aromatic rings. The van der Waals surface area contributed by atoms with Gasteiger partial charge >= 0.3 is 0 Å². The van der Waals surface area contributed by atoms with Crippen molar-refractivity contribution in [3.8, 4) is 5.82 Å². The Morgan fingerprint density at radius 2 is 1.95 bits per heavy atom. The number of anilines is 2. The number of hydrogen-bond donors (Lipinski definition) is 2. The first kappa shape index (κ1) is 24.9. The highest BCUT2D eigenvalue weighted by atomic mass is 35.5. The number of benzene rings is 1. The summed E-state index contributed by atoms with van der Waals surface area (Å²) in [5, 5.41) is 7.35. The molecule has 7 nitrogen and oxygen atoms in total. The second-order valence-corrected chi connectivity index (χ2v) is 10.1. The van der Waals surface area contributed by atoms with Crippen molar-refractivity contribution in [3.63, 3.8) is 0 Å². The Kier molecular flexibility index (Phi) is 6.95. The molecule has 188 valence electrons. The number of aryl methyl sites for hydroxylation is 1. The van der Waals surface area contributed by atoms with Crippen molar-refractivity contribution in [3.05, 3.63) is 101 Å². The summed E-state index contributed by atoms with van der Waals surface area (Å²) in [5.41, 5.74) is 4.32. The topological polar surface area (TPSA) is 75.1 Å². The Morgan fingerprint density at radius 3 is 2.62 bits per heavy atom. The maximum atomic E-state index is 12.2. The summed E-state index contributed by atoms with van der Waals surface area (Å²) >= 11 is 12.5. The van der Waals surface area contributed by atoms with Crippen LogP contribution in [0.3, 0.4) is 0 Å². The van der Waals surface area contributed by atoms with E-state index in [-0.39, 0.29) is 23.9 Å². The molecule has 1 saturated heterocycles. The molecule has 37 heavy (non-hydrogen) atoms. The van der Waals surface area contributed by atoms with Crippen molar-refractivity contribution < 1.29 is 4.79 Å². The normalized spacial score (nSPS) is 17.2. The third-order valence-corrected chi connectivity index (χ3v) is 6.96. The third kappa shape index (κ3) is 4.95. The average molecular weight is 531 g/mol. The minimum Gasteiger partial charge on any atom is -0.351 e. The van der Waals surface area contributed by atoms with E-state index in [1.165, 1.54) is 0 Å². The van der Waals surface area contributed by atoms with Gasteiger partial charge in [0.1, 0.15) is 11.9 Å². The zero-order chi connectivity index (χ0) is 26.1. The predicted octanol–water partition coefficient (Wildman–Crippen LogP) is 6.00. The molecule has 0 bridgehead atoms. The van der Waals surface area contributed by atoms with E-state index >= 15 is 0 Å². The second-order valence-electron chi connectivity index (χ2n) is 9.30. The molecular formula is C28H27ClN6OS. The smallest absolute Gasteiger partial charge is 0.226 e. The van der Waals surface area contributed by atoms with Crippen molar-refractivity contribution in [2.45, 2.75) is 32.9 Å². The Morgan fingerprint density at radius 1 is 1.11 bits per heavy atom. The summed E-state index contributed by atoms with van der Waals surface area (Å²) in [4.78, 5) is 23.6. The maximum Gasteiger partial charge on any atom is 0.226 e. The molecule has 2 atom stereocenters. The highest BCUT2D eigenvalue weighted by molar-refractivity contribution is 7.80. The fourth-order valence-electron chi connectivity index (χ4n) is 4.41. The van der Waals surface area contributed by atoms with Gasteiger partial charge in [0.15, 0.2) is 5.11 Å². The van der Waals surface area contributed by atoms with Crippen LogP contribution in [0.1, 0.15) is 42.9 Å². The number of carbonyl (C=O) groups is 1. The van der Waals surface area contributed by atoms with Crippen LogP contribution >= 0.6 is 23.8 Å². The van der Waals surface area contributed by atoms with E-state index in [0.717, 1.165) is 28.5 Å². The van der Waals surface area contributed by atoms with Crippen LogP contribution in [0.15, 0.2) is 79.3 Å². The maximum absolute atomic E-state index is 12.2. The average Bonchev–Trinajstić information content (AvgIpc) is 3.50. The SMILES string of the molecule is Cc1ccc(-n2cccc2[C@H]2[C@@H](c3ccccn3)NC(=S)N2c2ccc(NC(=O)C(C)C)c(Cl)c2)nc1. The zero-order valence-corrected chi connectivity index (χ0v) is 22.3. The molecule has 1 amide bonds. The van der Waals surface area contributed by atoms with Crippen LogP contribution < -0.4 is 15.5 Å². The molecule has 5 rings (SSSR count). The Labute approximate surface area is 226 Å². The summed E-state index contributed by atoms with van der Waals surface area (Å²) < 4.78 is 2.07. The van der Waals surface area contributed by atoms with Crippen molar-refractivity contribution >= 4 is 46.2 Å². The van der Waals surface area contributed by atoms with Gasteiger partial charge in [0.05, 0.1) is 22.4 Å². The lowest BCUT2D eigenvalue weighted by molar-refractivity contribution is -0.118. The number of thiocarbonyl (C=S) groups is 1. The number of hydrogen-bond acceptors (Lipinski definition) is 4. The van der Waals surface area contributed by atoms with E-state index in [9.17, 15) is 4.79 Å². The number of amides is 1. The summed E-state index contributed by atoms with van der Waals surface area (Å²) in [6.07, 6.45) is 5.64. The van der Waals surface area contributed by atoms with Crippen LogP contribution in [0.5, 0.6) is 0 Å². The fraction of sp³-hybridized carbons (Fsp3) is 0.214. The molecule has 1 fully saturated rings. The molecule has 3 aromatic heterocycles. The van der Waals surface area contributed by atoms with E-state index in [2.05, 4.69) is 36.1 Å². The fourth-order valence-corrected chi connectivity index (χ4v) is 4.98. The number of rotatable bonds is 6. The second kappa shape index (κ2) is 10.3. The molecule has 0 saturated carbocycles.